The summed E-state index contributed by atoms with van der Waals surface area (Å²) in [6.07, 6.45) is 3.25. The van der Waals surface area contributed by atoms with Gasteiger partial charge in [0.2, 0.25) is 0 Å². The lowest BCUT2D eigenvalue weighted by atomic mass is 9.96. The number of rotatable bonds is 7. The van der Waals surface area contributed by atoms with E-state index < -0.39 is 29.5 Å². The highest BCUT2D eigenvalue weighted by Gasteiger charge is 2.49. The number of carbonyl (C=O) groups is 3. The van der Waals surface area contributed by atoms with E-state index in [0.717, 1.165) is 16.9 Å². The number of esters is 1. The van der Waals surface area contributed by atoms with Gasteiger partial charge in [0.1, 0.15) is 28.6 Å². The van der Waals surface area contributed by atoms with Crippen molar-refractivity contribution in [3.05, 3.63) is 93.9 Å². The number of ether oxygens (including phenoxy) is 2. The van der Waals surface area contributed by atoms with Crippen molar-refractivity contribution in [2.45, 2.75) is 26.8 Å². The average Bonchev–Trinajstić information content (AvgIpc) is 3.59. The number of carbonyl (C=O) groups excluding carboxylic acids is 3. The van der Waals surface area contributed by atoms with Gasteiger partial charge in [0.15, 0.2) is 10.9 Å². The van der Waals surface area contributed by atoms with Gasteiger partial charge < -0.3 is 19.0 Å². The molecule has 4 heterocycles. The van der Waals surface area contributed by atoms with Gasteiger partial charge in [0, 0.05) is 6.20 Å². The van der Waals surface area contributed by atoms with Crippen LogP contribution in [-0.4, -0.2) is 50.9 Å². The molecule has 0 aliphatic carbocycles. The Balaban J connectivity index is 1.72. The minimum Gasteiger partial charge on any atom is -0.505 e. The maximum atomic E-state index is 13.6. The number of imidazole rings is 1. The highest BCUT2D eigenvalue weighted by Crippen LogP contribution is 2.44. The number of nitrogens with zero attached hydrogens (tertiary/aromatic N) is 4. The number of hydrogen-bond acceptors (Lipinski definition) is 9. The van der Waals surface area contributed by atoms with E-state index in [1.165, 1.54) is 18.1 Å². The van der Waals surface area contributed by atoms with Gasteiger partial charge >= 0.3 is 11.9 Å². The van der Waals surface area contributed by atoms with E-state index in [0.29, 0.717) is 28.3 Å². The predicted octanol–water partition coefficient (Wildman–Crippen LogP) is 4.69. The number of methoxy groups -OCH3 is 1. The fourth-order valence-electron chi connectivity index (χ4n) is 4.71. The summed E-state index contributed by atoms with van der Waals surface area (Å²) in [6, 6.07) is 9.53. The summed E-state index contributed by atoms with van der Waals surface area (Å²) in [5.74, 6) is -2.33. The molecule has 1 fully saturated rings. The van der Waals surface area contributed by atoms with Gasteiger partial charge in [-0.2, -0.15) is 0 Å². The van der Waals surface area contributed by atoms with Crippen molar-refractivity contribution in [3.63, 3.8) is 0 Å². The number of Topliss-reactive ketones (excluding diaryl/α,β-unsaturated/α-hetero) is 1. The molecule has 3 aromatic heterocycles. The number of aromatic nitrogens is 3. The first-order valence-corrected chi connectivity index (χ1v) is 13.1. The Morgan fingerprint density at radius 1 is 1.18 bits per heavy atom. The minimum absolute atomic E-state index is 0.0116. The zero-order valence-electron chi connectivity index (χ0n) is 22.3. The van der Waals surface area contributed by atoms with Gasteiger partial charge in [-0.1, -0.05) is 42.2 Å². The van der Waals surface area contributed by atoms with Crippen molar-refractivity contribution in [2.75, 3.05) is 18.6 Å². The smallest absolute Gasteiger partial charge is 0.350 e. The quantitative estimate of drug-likeness (QED) is 0.114. The summed E-state index contributed by atoms with van der Waals surface area (Å²) in [7, 11) is 1.50. The zero-order valence-corrected chi connectivity index (χ0v) is 23.1. The van der Waals surface area contributed by atoms with Gasteiger partial charge in [-0.25, -0.2) is 14.8 Å². The fourth-order valence-corrected chi connectivity index (χ4v) is 5.69. The molecule has 1 aromatic carbocycles. The highest BCUT2D eigenvalue weighted by molar-refractivity contribution is 7.17. The molecular weight excluding hydrogens is 532 g/mol. The molecule has 1 atom stereocenters. The monoisotopic (exact) mass is 558 g/mol. The van der Waals surface area contributed by atoms with Crippen LogP contribution in [0.2, 0.25) is 0 Å². The van der Waals surface area contributed by atoms with E-state index in [9.17, 15) is 19.5 Å². The second-order valence-electron chi connectivity index (χ2n) is 9.17. The van der Waals surface area contributed by atoms with E-state index in [1.54, 1.807) is 38.1 Å². The third kappa shape index (κ3) is 4.34. The van der Waals surface area contributed by atoms with Crippen LogP contribution in [-0.2, 0) is 14.3 Å². The molecule has 11 heteroatoms. The summed E-state index contributed by atoms with van der Waals surface area (Å²) in [5, 5.41) is 11.7. The summed E-state index contributed by atoms with van der Waals surface area (Å²) < 4.78 is 12.4. The van der Waals surface area contributed by atoms with Crippen molar-refractivity contribution in [2.24, 2.45) is 0 Å². The number of aliphatic hydroxyl groups excluding tert-OH is 1. The van der Waals surface area contributed by atoms with E-state index >= 15 is 0 Å². The Morgan fingerprint density at radius 2 is 1.95 bits per heavy atom. The molecule has 10 nitrogen and oxygen atoms in total. The molecule has 1 unspecified atom stereocenters. The average molecular weight is 559 g/mol. The third-order valence-electron chi connectivity index (χ3n) is 6.67. The SMILES string of the molecule is C=CCOC(=O)c1sc(N2C(=O)C(=O)/C(=C(/O)c3nc4c(C)cccn4c3C)C2c2cccc(OC)c2)nc1C. The third-order valence-corrected chi connectivity index (χ3v) is 7.81. The molecule has 4 aromatic rings. The number of benzene rings is 1. The van der Waals surface area contributed by atoms with E-state index in [-0.39, 0.29) is 27.9 Å². The number of anilines is 1. The number of aryl methyl sites for hydroxylation is 3. The van der Waals surface area contributed by atoms with Gasteiger partial charge in [0.25, 0.3) is 5.78 Å². The Labute approximate surface area is 233 Å². The highest BCUT2D eigenvalue weighted by atomic mass is 32.1. The van der Waals surface area contributed by atoms with E-state index in [4.69, 9.17) is 9.47 Å². The fraction of sp³-hybridized carbons (Fsp3) is 0.207. The maximum Gasteiger partial charge on any atom is 0.350 e. The standard InChI is InChI=1S/C29H26N4O6S/c1-6-13-39-28(37)25-16(3)30-29(40-25)33-22(18-10-7-11-19(14-18)38-5)20(24(35)27(33)36)23(34)21-17(4)32-12-8-9-15(2)26(32)31-21/h6-12,14,22,34H,1,13H2,2-5H3/b23-20+. The normalized spacial score (nSPS) is 16.5. The molecule has 5 rings (SSSR count). The molecule has 0 spiro atoms. The molecule has 1 aliphatic heterocycles. The molecule has 1 saturated heterocycles. The number of aliphatic hydroxyl groups is 1. The molecule has 0 radical (unpaired) electrons. The van der Waals surface area contributed by atoms with Gasteiger partial charge in [-0.15, -0.1) is 0 Å². The Bertz CT molecular complexity index is 1730. The van der Waals surface area contributed by atoms with Gasteiger partial charge in [0.05, 0.1) is 30.1 Å². The molecular formula is C29H26N4O6S. The number of amides is 1. The summed E-state index contributed by atoms with van der Waals surface area (Å²) >= 11 is 0.926. The molecule has 204 valence electrons. The first-order chi connectivity index (χ1) is 19.2. The first kappa shape index (κ1) is 26.8. The molecule has 1 aliphatic rings. The number of thiazole rings is 1. The van der Waals surface area contributed by atoms with Gasteiger partial charge in [-0.3, -0.25) is 14.5 Å². The van der Waals surface area contributed by atoms with Crippen molar-refractivity contribution in [3.8, 4) is 5.75 Å². The Kier molecular flexibility index (Phi) is 6.99. The molecule has 0 bridgehead atoms. The van der Waals surface area contributed by atoms with Gasteiger partial charge in [-0.05, 0) is 50.1 Å². The summed E-state index contributed by atoms with van der Waals surface area (Å²) in [4.78, 5) is 50.2. The summed E-state index contributed by atoms with van der Waals surface area (Å²) in [6.45, 7) is 8.83. The predicted molar refractivity (Wildman–Crippen MR) is 150 cm³/mol. The Hall–Kier alpha value is -4.77. The number of hydrogen-bond donors (Lipinski definition) is 1. The number of pyridine rings is 1. The second kappa shape index (κ2) is 10.4. The van der Waals surface area contributed by atoms with Crippen LogP contribution in [0.1, 0.15) is 43.9 Å². The van der Waals surface area contributed by atoms with Crippen LogP contribution in [0.3, 0.4) is 0 Å². The van der Waals surface area contributed by atoms with Crippen LogP contribution in [0, 0.1) is 20.8 Å². The van der Waals surface area contributed by atoms with Crippen LogP contribution < -0.4 is 9.64 Å². The van der Waals surface area contributed by atoms with Crippen LogP contribution in [0.4, 0.5) is 5.13 Å². The van der Waals surface area contributed by atoms with Crippen LogP contribution >= 0.6 is 11.3 Å². The first-order valence-electron chi connectivity index (χ1n) is 12.3. The Morgan fingerprint density at radius 3 is 2.65 bits per heavy atom. The van der Waals surface area contributed by atoms with Crippen LogP contribution in [0.25, 0.3) is 11.4 Å². The number of fused-ring (bicyclic) bond motifs is 1. The largest absolute Gasteiger partial charge is 0.505 e. The van der Waals surface area contributed by atoms with Crippen molar-refractivity contribution in [1.29, 1.82) is 0 Å². The lowest BCUT2D eigenvalue weighted by Crippen LogP contribution is -2.29. The lowest BCUT2D eigenvalue weighted by Gasteiger charge is -2.23. The molecule has 1 amide bonds. The topological polar surface area (TPSA) is 123 Å². The zero-order chi connectivity index (χ0) is 28.7. The van der Waals surface area contributed by atoms with Crippen LogP contribution in [0.5, 0.6) is 5.75 Å². The lowest BCUT2D eigenvalue weighted by molar-refractivity contribution is -0.132. The molecule has 40 heavy (non-hydrogen) atoms. The van der Waals surface area contributed by atoms with E-state index in [1.807, 2.05) is 29.7 Å². The van der Waals surface area contributed by atoms with Crippen LogP contribution in [0.15, 0.2) is 60.8 Å². The van der Waals surface area contributed by atoms with E-state index in [2.05, 4.69) is 16.5 Å². The minimum atomic E-state index is -1.07. The van der Waals surface area contributed by atoms with Crippen molar-refractivity contribution < 1.29 is 29.0 Å². The second-order valence-corrected chi connectivity index (χ2v) is 10.2. The number of ketones is 1. The maximum absolute atomic E-state index is 13.6. The molecule has 1 N–H and O–H groups in total. The molecule has 0 saturated carbocycles. The van der Waals surface area contributed by atoms with Crippen molar-refractivity contribution >= 4 is 45.5 Å². The summed E-state index contributed by atoms with van der Waals surface area (Å²) in [5.41, 5.74) is 2.98. The van der Waals surface area contributed by atoms with Crippen molar-refractivity contribution in [1.82, 2.24) is 14.4 Å².